The van der Waals surface area contributed by atoms with Crippen molar-refractivity contribution in [1.82, 2.24) is 0 Å². The molecule has 0 N–H and O–H groups in total. The molecule has 7 heavy (non-hydrogen) atoms. The molecule has 3 nitrogen and oxygen atoms in total. The smallest absolute Gasteiger partial charge is 0 e. The van der Waals surface area contributed by atoms with Gasteiger partial charge in [0.15, 0.2) is 0 Å². The summed E-state index contributed by atoms with van der Waals surface area (Å²) in [4.78, 5) is 0. The van der Waals surface area contributed by atoms with Gasteiger partial charge in [-0.1, -0.05) is 0 Å². The topological polar surface area (TPSA) is 71.4 Å². The predicted molar refractivity (Wildman–Crippen MR) is 14.9 cm³/mol. The first-order valence-electron chi connectivity index (χ1n) is 0.671. The summed E-state index contributed by atoms with van der Waals surface area (Å²) in [5, 5.41) is 18.8. The number of hydrogen-bond donors (Lipinski definition) is 0. The van der Waals surface area contributed by atoms with E-state index in [0.29, 0.717) is 0 Å². The van der Waals surface area contributed by atoms with Gasteiger partial charge >= 0.3 is 0 Å². The monoisotopic (exact) mass is 271 g/mol. The van der Waals surface area contributed by atoms with Gasteiger partial charge in [0.2, 0.25) is 0 Å². The van der Waals surface area contributed by atoms with Crippen LogP contribution in [-0.4, -0.2) is 0 Å². The first-order valence-corrected chi connectivity index (χ1v) is 0.671. The Morgan fingerprint density at radius 1 is 0.571 bits per heavy atom. The van der Waals surface area contributed by atoms with Crippen molar-refractivity contribution >= 4 is 0 Å². The van der Waals surface area contributed by atoms with E-state index in [1.807, 2.05) is 0 Å². The van der Waals surface area contributed by atoms with Crippen molar-refractivity contribution in [2.24, 2.45) is 0 Å². The molecule has 0 spiro atoms. The molecule has 0 aliphatic rings. The van der Waals surface area contributed by atoms with Gasteiger partial charge in [-0.15, -0.1) is 0 Å². The van der Waals surface area contributed by atoms with Crippen molar-refractivity contribution in [3.8, 4) is 0 Å². The van der Waals surface area contributed by atoms with Crippen molar-refractivity contribution in [2.75, 3.05) is 0 Å². The van der Waals surface area contributed by atoms with Crippen LogP contribution in [-0.2, 0) is 20.1 Å². The van der Waals surface area contributed by atoms with Gasteiger partial charge in [0, 0.05) is 20.1 Å². The largest absolute Gasteiger partial charge is 0.512 e. The van der Waals surface area contributed by atoms with Crippen LogP contribution in [0.25, 0.3) is 0 Å². The molecule has 0 unspecified atom stereocenters. The van der Waals surface area contributed by atoms with Crippen LogP contribution in [0.5, 0.6) is 0 Å². The van der Waals surface area contributed by atoms with E-state index in [-0.39, 0.29) is 20.1 Å². The first-order chi connectivity index (χ1) is 3.00. The minimum Gasteiger partial charge on any atom is -0.512 e. The Bertz CT molecular complexity index is 38.7. The standard InChI is InChI=1S/3CN.Ir/c3*1-2;/q3*-1;. The van der Waals surface area contributed by atoms with Crippen molar-refractivity contribution in [2.45, 2.75) is 0 Å². The molecule has 0 aromatic rings. The molecule has 0 amide bonds. The molecule has 39 valence electrons. The maximum atomic E-state index is 6.25. The van der Waals surface area contributed by atoms with E-state index in [9.17, 15) is 0 Å². The van der Waals surface area contributed by atoms with Crippen molar-refractivity contribution in [1.29, 1.82) is 15.8 Å². The summed E-state index contributed by atoms with van der Waals surface area (Å²) < 4.78 is 0. The fraction of sp³-hybridized carbons (Fsp3) is 0. The van der Waals surface area contributed by atoms with Crippen molar-refractivity contribution in [3.05, 3.63) is 19.7 Å². The van der Waals surface area contributed by atoms with Gasteiger partial charge in [-0.2, -0.15) is 0 Å². The van der Waals surface area contributed by atoms with Gasteiger partial charge in [-0.25, -0.2) is 0 Å². The van der Waals surface area contributed by atoms with Crippen LogP contribution in [0, 0.1) is 35.5 Å². The molecule has 0 rings (SSSR count). The molecule has 0 aromatic heterocycles. The van der Waals surface area contributed by atoms with Crippen LogP contribution < -0.4 is 0 Å². The Kier molecular flexibility index (Phi) is 571. The van der Waals surface area contributed by atoms with Crippen LogP contribution in [0.15, 0.2) is 0 Å². The molecule has 0 heterocycles. The molecular weight excluding hydrogens is 270 g/mol. The van der Waals surface area contributed by atoms with E-state index in [2.05, 4.69) is 0 Å². The Balaban J connectivity index is -0.00000000900. The fourth-order valence-electron chi connectivity index (χ4n) is 0. The maximum absolute atomic E-state index is 6.25. The summed E-state index contributed by atoms with van der Waals surface area (Å²) in [5.41, 5.74) is 0. The number of rotatable bonds is 0. The zero-order valence-corrected chi connectivity index (χ0v) is 5.57. The summed E-state index contributed by atoms with van der Waals surface area (Å²) in [7, 11) is 0. The van der Waals surface area contributed by atoms with Crippen LogP contribution in [0.2, 0.25) is 0 Å². The summed E-state index contributed by atoms with van der Waals surface area (Å²) in [5.74, 6) is 0. The Morgan fingerprint density at radius 2 is 0.571 bits per heavy atom. The third-order valence-corrected chi connectivity index (χ3v) is 0. The van der Waals surface area contributed by atoms with Gasteiger partial charge < -0.3 is 35.5 Å². The fourth-order valence-corrected chi connectivity index (χ4v) is 0. The van der Waals surface area contributed by atoms with Crippen LogP contribution in [0.1, 0.15) is 0 Å². The minimum atomic E-state index is 0. The summed E-state index contributed by atoms with van der Waals surface area (Å²) >= 11 is 0. The van der Waals surface area contributed by atoms with E-state index in [4.69, 9.17) is 35.5 Å². The molecule has 0 atom stereocenters. The molecule has 0 bridgehead atoms. The van der Waals surface area contributed by atoms with E-state index in [1.54, 1.807) is 0 Å². The van der Waals surface area contributed by atoms with Gasteiger partial charge in [0.25, 0.3) is 0 Å². The van der Waals surface area contributed by atoms with Gasteiger partial charge in [-0.3, -0.25) is 0 Å². The van der Waals surface area contributed by atoms with E-state index < -0.39 is 0 Å². The third kappa shape index (κ3) is 64.2. The summed E-state index contributed by atoms with van der Waals surface area (Å²) in [6, 6.07) is 0. The Hall–Kier alpha value is -0.881. The third-order valence-electron chi connectivity index (χ3n) is 0. The Labute approximate surface area is 56.1 Å². The average Bonchev–Trinajstić information content (AvgIpc) is 1.81. The van der Waals surface area contributed by atoms with Crippen molar-refractivity contribution in [3.63, 3.8) is 0 Å². The maximum Gasteiger partial charge on any atom is 0 e. The van der Waals surface area contributed by atoms with E-state index in [0.717, 1.165) is 0 Å². The molecule has 0 saturated carbocycles. The molecule has 0 saturated heterocycles. The minimum absolute atomic E-state index is 0. The van der Waals surface area contributed by atoms with E-state index >= 15 is 0 Å². The van der Waals surface area contributed by atoms with Crippen molar-refractivity contribution < 1.29 is 20.1 Å². The zero-order chi connectivity index (χ0) is 6.00. The molecular formula is C3IrN3-3. The van der Waals surface area contributed by atoms with Crippen LogP contribution in [0.4, 0.5) is 0 Å². The average molecular weight is 270 g/mol. The second kappa shape index (κ2) is 112. The van der Waals surface area contributed by atoms with Gasteiger partial charge in [-0.05, 0) is 0 Å². The summed E-state index contributed by atoms with van der Waals surface area (Å²) in [6.45, 7) is 14.2. The quantitative estimate of drug-likeness (QED) is 0.594. The number of nitrogens with zero attached hydrogens (tertiary/aromatic N) is 3. The second-order valence-corrected chi connectivity index (χ2v) is 0. The Morgan fingerprint density at radius 3 is 0.571 bits per heavy atom. The van der Waals surface area contributed by atoms with Crippen LogP contribution in [0.3, 0.4) is 0 Å². The van der Waals surface area contributed by atoms with Crippen LogP contribution >= 0.6 is 0 Å². The molecule has 1 radical (unpaired) electrons. The SMILES string of the molecule is [C-]#N.[C-]#N.[C-]#N.[Ir]. The molecule has 0 aliphatic carbocycles. The molecule has 4 heteroatoms. The predicted octanol–water partition coefficient (Wildman–Crippen LogP) is 0.287. The van der Waals surface area contributed by atoms with Gasteiger partial charge in [0.05, 0.1) is 0 Å². The molecule has 0 aliphatic heterocycles. The van der Waals surface area contributed by atoms with Gasteiger partial charge in [0.1, 0.15) is 0 Å². The number of hydrogen-bond acceptors (Lipinski definition) is 3. The normalized spacial score (nSPS) is 0.857. The summed E-state index contributed by atoms with van der Waals surface area (Å²) in [6.07, 6.45) is 0. The molecule has 0 aromatic carbocycles. The first kappa shape index (κ1) is 35.7. The second-order valence-electron chi connectivity index (χ2n) is 0. The molecule has 0 fully saturated rings. The zero-order valence-electron chi connectivity index (χ0n) is 3.17. The van der Waals surface area contributed by atoms with E-state index in [1.165, 1.54) is 0 Å².